The summed E-state index contributed by atoms with van der Waals surface area (Å²) >= 11 is 0. The van der Waals surface area contributed by atoms with Crippen molar-refractivity contribution in [2.24, 2.45) is 0 Å². The van der Waals surface area contributed by atoms with Gasteiger partial charge in [0.05, 0.1) is 61.2 Å². The fourth-order valence-electron chi connectivity index (χ4n) is 21.3. The van der Waals surface area contributed by atoms with E-state index in [-0.39, 0.29) is 0 Å². The second-order valence-electron chi connectivity index (χ2n) is 36.4. The van der Waals surface area contributed by atoms with Crippen LogP contribution in [0.4, 0.5) is 34.1 Å². The minimum Gasteiger partial charge on any atom is -0.311 e. The standard InChI is InChI=1S/C69H46N4.C65H44N4/c1-4-15-47(16-5-1)51-28-38-66-60(43-51)62-45-53(30-40-68(62)72(66)57-32-26-50(27-33-57)64-24-12-13-42-70-64)54-31-41-69-63(46-54)61-44-52(48-17-6-2-7-18-48)29-39-67(61)73(69)58-36-34-56(35-37-58)71(55-21-8-3-9-22-55)65-25-14-20-49-19-10-11-23-59(49)65;1-5-15-45(16-6-1)48-26-36-62-57(41-48)59-43-50(28-38-64(59)68(62)55-30-24-47(25-31-55)61-23-13-14-40-66-61)51-29-39-65-60(44-51)58-42-49(46-17-7-2-8-18-46)27-37-63(58)69(65)56-34-32-54(33-35-56)67(52-19-9-3-10-20-52)53-21-11-4-12-22-53/h1-46H;1-44H. The zero-order chi connectivity index (χ0) is 93.9. The summed E-state index contributed by atoms with van der Waals surface area (Å²) in [5.74, 6) is 0. The van der Waals surface area contributed by atoms with Crippen molar-refractivity contribution >= 4 is 132 Å². The Balaban J connectivity index is 0.000000146. The van der Waals surface area contributed by atoms with Crippen molar-refractivity contribution in [2.45, 2.75) is 0 Å². The highest BCUT2D eigenvalue weighted by molar-refractivity contribution is 6.17. The summed E-state index contributed by atoms with van der Waals surface area (Å²) in [6.45, 7) is 0. The van der Waals surface area contributed by atoms with Gasteiger partial charge in [0, 0.05) is 123 Å². The Labute approximate surface area is 822 Å². The van der Waals surface area contributed by atoms with Crippen molar-refractivity contribution in [3.05, 3.63) is 546 Å². The maximum atomic E-state index is 4.61. The first kappa shape index (κ1) is 83.6. The zero-order valence-corrected chi connectivity index (χ0v) is 77.5. The number of aromatic nitrogens is 6. The van der Waals surface area contributed by atoms with Crippen molar-refractivity contribution in [3.63, 3.8) is 0 Å². The van der Waals surface area contributed by atoms with Crippen LogP contribution in [-0.2, 0) is 0 Å². The number of nitrogens with zero attached hydrogens (tertiary/aromatic N) is 8. The van der Waals surface area contributed by atoms with E-state index < -0.39 is 0 Å². The predicted molar refractivity (Wildman–Crippen MR) is 596 cm³/mol. The molecule has 142 heavy (non-hydrogen) atoms. The van der Waals surface area contributed by atoms with Gasteiger partial charge < -0.3 is 28.1 Å². The Hall–Kier alpha value is -19.0. The van der Waals surface area contributed by atoms with Gasteiger partial charge >= 0.3 is 0 Å². The third-order valence-electron chi connectivity index (χ3n) is 28.1. The van der Waals surface area contributed by atoms with Crippen LogP contribution in [0.25, 0.3) is 210 Å². The second kappa shape index (κ2) is 35.9. The number of hydrogen-bond acceptors (Lipinski definition) is 4. The smallest absolute Gasteiger partial charge is 0.0701 e. The number of hydrogen-bond donors (Lipinski definition) is 0. The fourth-order valence-corrected chi connectivity index (χ4v) is 21.3. The summed E-state index contributed by atoms with van der Waals surface area (Å²) in [6.07, 6.45) is 3.70. The minimum absolute atomic E-state index is 0.964. The van der Waals surface area contributed by atoms with Gasteiger partial charge in [-0.25, -0.2) is 0 Å². The van der Waals surface area contributed by atoms with Crippen molar-refractivity contribution in [1.29, 1.82) is 0 Å². The molecule has 27 rings (SSSR count). The predicted octanol–water partition coefficient (Wildman–Crippen LogP) is 36.0. The van der Waals surface area contributed by atoms with Gasteiger partial charge in [-0.15, -0.1) is 0 Å². The summed E-state index contributed by atoms with van der Waals surface area (Å²) < 4.78 is 9.65. The molecular weight excluding hydrogens is 1720 g/mol. The Morgan fingerprint density at radius 2 is 0.359 bits per heavy atom. The SMILES string of the molecule is c1ccc(-c2ccc3c(c2)c2cc(-c4ccc5c(c4)c4cc(-c6ccccc6)ccc4n5-c4ccc(N(c5ccccc5)c5cccc6ccccc56)cc4)ccc2n3-c2ccc(-c3ccccn3)cc2)cc1.c1ccc(-c2ccc3c(c2)c2cc(-c4ccc5c(c4)c4cc(-c6ccccc6)ccc4n5-c4ccc(N(c5ccccc5)c5ccccc5)cc4)ccc2n3-c2ccc(-c3ccccn3)cc2)cc1. The molecule has 0 spiro atoms. The van der Waals surface area contributed by atoms with Crippen molar-refractivity contribution in [2.75, 3.05) is 9.80 Å². The first-order valence-electron chi connectivity index (χ1n) is 48.5. The van der Waals surface area contributed by atoms with E-state index in [0.717, 1.165) is 107 Å². The Bertz CT molecular complexity index is 9330. The highest BCUT2D eigenvalue weighted by Crippen LogP contribution is 2.48. The van der Waals surface area contributed by atoms with Gasteiger partial charge in [0.2, 0.25) is 0 Å². The average molecular weight is 1810 g/mol. The summed E-state index contributed by atoms with van der Waals surface area (Å²) in [7, 11) is 0. The molecule has 0 aliphatic carbocycles. The van der Waals surface area contributed by atoms with Crippen LogP contribution in [0.15, 0.2) is 546 Å². The maximum Gasteiger partial charge on any atom is 0.0701 e. The number of pyridine rings is 2. The molecule has 8 heteroatoms. The number of anilines is 6. The van der Waals surface area contributed by atoms with Crippen molar-refractivity contribution in [3.8, 4) is 112 Å². The van der Waals surface area contributed by atoms with E-state index in [4.69, 9.17) is 0 Å². The monoisotopic (exact) mass is 1810 g/mol. The highest BCUT2D eigenvalue weighted by Gasteiger charge is 2.25. The lowest BCUT2D eigenvalue weighted by Crippen LogP contribution is -2.10. The topological polar surface area (TPSA) is 52.0 Å². The van der Waals surface area contributed by atoms with Crippen LogP contribution in [0.5, 0.6) is 0 Å². The molecule has 0 aliphatic heterocycles. The quantitative estimate of drug-likeness (QED) is 0.0859. The first-order valence-corrected chi connectivity index (χ1v) is 48.5. The van der Waals surface area contributed by atoms with Crippen molar-refractivity contribution in [1.82, 2.24) is 28.2 Å². The van der Waals surface area contributed by atoms with Crippen LogP contribution < -0.4 is 9.80 Å². The van der Waals surface area contributed by atoms with Crippen LogP contribution in [0.2, 0.25) is 0 Å². The molecule has 21 aromatic carbocycles. The average Bonchev–Trinajstić information content (AvgIpc) is 1.58. The van der Waals surface area contributed by atoms with Gasteiger partial charge in [0.1, 0.15) is 0 Å². The summed E-state index contributed by atoms with van der Waals surface area (Å²) in [5, 5.41) is 12.1. The number of fused-ring (bicyclic) bond motifs is 13. The number of rotatable bonds is 18. The van der Waals surface area contributed by atoms with Gasteiger partial charge in [0.25, 0.3) is 0 Å². The third-order valence-corrected chi connectivity index (χ3v) is 28.1. The highest BCUT2D eigenvalue weighted by atomic mass is 15.2. The van der Waals surface area contributed by atoms with E-state index >= 15 is 0 Å². The fraction of sp³-hybridized carbons (Fsp3) is 0. The summed E-state index contributed by atoms with van der Waals surface area (Å²) in [5.41, 5.74) is 38.8. The number of benzene rings is 21. The molecule has 666 valence electrons. The summed E-state index contributed by atoms with van der Waals surface area (Å²) in [4.78, 5) is 13.9. The van der Waals surface area contributed by atoms with Crippen LogP contribution in [0, 0.1) is 0 Å². The molecular formula is C134H90N8. The molecule has 0 atom stereocenters. The van der Waals surface area contributed by atoms with Crippen LogP contribution >= 0.6 is 0 Å². The van der Waals surface area contributed by atoms with E-state index in [1.807, 2.05) is 36.7 Å². The molecule has 0 N–H and O–H groups in total. The van der Waals surface area contributed by atoms with Gasteiger partial charge in [-0.05, 0) is 309 Å². The Morgan fingerprint density at radius 3 is 0.641 bits per heavy atom. The van der Waals surface area contributed by atoms with Gasteiger partial charge in [-0.3, -0.25) is 9.97 Å². The number of para-hydroxylation sites is 3. The van der Waals surface area contributed by atoms with E-state index in [2.05, 4.69) is 548 Å². The molecule has 0 saturated heterocycles. The summed E-state index contributed by atoms with van der Waals surface area (Å²) in [6, 6.07) is 193. The van der Waals surface area contributed by atoms with E-state index in [1.165, 1.54) is 137 Å². The van der Waals surface area contributed by atoms with Crippen molar-refractivity contribution < 1.29 is 0 Å². The normalized spacial score (nSPS) is 11.5. The van der Waals surface area contributed by atoms with Crippen LogP contribution in [-0.4, -0.2) is 28.2 Å². The lowest BCUT2D eigenvalue weighted by molar-refractivity contribution is 1.17. The minimum atomic E-state index is 0.964. The Morgan fingerprint density at radius 1 is 0.141 bits per heavy atom. The first-order chi connectivity index (χ1) is 70.4. The van der Waals surface area contributed by atoms with E-state index in [0.29, 0.717) is 0 Å². The molecule has 0 radical (unpaired) electrons. The largest absolute Gasteiger partial charge is 0.311 e. The molecule has 0 bridgehead atoms. The molecule has 6 aromatic heterocycles. The van der Waals surface area contributed by atoms with E-state index in [1.54, 1.807) is 0 Å². The van der Waals surface area contributed by atoms with Gasteiger partial charge in [-0.1, -0.05) is 297 Å². The second-order valence-corrected chi connectivity index (χ2v) is 36.4. The van der Waals surface area contributed by atoms with Gasteiger partial charge in [-0.2, -0.15) is 0 Å². The molecule has 0 unspecified atom stereocenters. The molecule has 0 saturated carbocycles. The zero-order valence-electron chi connectivity index (χ0n) is 77.5. The lowest BCUT2D eigenvalue weighted by Gasteiger charge is -2.27. The van der Waals surface area contributed by atoms with Crippen LogP contribution in [0.3, 0.4) is 0 Å². The molecule has 0 aliphatic rings. The van der Waals surface area contributed by atoms with Gasteiger partial charge in [0.15, 0.2) is 0 Å². The molecule has 0 fully saturated rings. The Kier molecular flexibility index (Phi) is 21.1. The molecule has 27 aromatic rings. The molecule has 6 heterocycles. The molecule has 0 amide bonds. The lowest BCUT2D eigenvalue weighted by atomic mass is 9.98. The molecule has 8 nitrogen and oxygen atoms in total. The third kappa shape index (κ3) is 15.2. The van der Waals surface area contributed by atoms with Crippen LogP contribution in [0.1, 0.15) is 0 Å². The maximum absolute atomic E-state index is 4.61. The van der Waals surface area contributed by atoms with E-state index in [9.17, 15) is 0 Å².